The van der Waals surface area contributed by atoms with Gasteiger partial charge < -0.3 is 20.8 Å². The average Bonchev–Trinajstić information content (AvgIpc) is 2.30. The fourth-order valence-corrected chi connectivity index (χ4v) is 0. The summed E-state index contributed by atoms with van der Waals surface area (Å²) < 4.78 is 0. The van der Waals surface area contributed by atoms with Gasteiger partial charge in [-0.25, -0.2) is 0 Å². The van der Waals surface area contributed by atoms with E-state index in [4.69, 9.17) is 19.8 Å². The smallest absolute Gasteiger partial charge is 0.300 e. The minimum atomic E-state index is -0.833. The number of amides is 2. The molecule has 0 aromatic carbocycles. The standard InChI is InChI=1S/2C3H7NO.2C2H4O2.C2H6.CH4.2Y/c2*1-3(5)4-2;2*1-2(3)4;1-2;;;/h2*1-2H3,(H,4,5);2*1H3,(H,3,4);1-2H3;1H4;;. The fourth-order valence-electron chi connectivity index (χ4n) is 0. The first-order chi connectivity index (χ1) is 9.00. The van der Waals surface area contributed by atoms with Gasteiger partial charge in [0.2, 0.25) is 11.8 Å². The molecule has 0 unspecified atom stereocenters. The van der Waals surface area contributed by atoms with Gasteiger partial charge in [0, 0.05) is 107 Å². The third-order valence-corrected chi connectivity index (χ3v) is 0.704. The topological polar surface area (TPSA) is 133 Å². The third-order valence-electron chi connectivity index (χ3n) is 0.704. The van der Waals surface area contributed by atoms with Crippen LogP contribution in [0.1, 0.15) is 49.0 Å². The first kappa shape index (κ1) is 49.5. The summed E-state index contributed by atoms with van der Waals surface area (Å²) in [6.07, 6.45) is 0. The van der Waals surface area contributed by atoms with E-state index in [1.807, 2.05) is 13.8 Å². The van der Waals surface area contributed by atoms with Crippen LogP contribution in [0.3, 0.4) is 0 Å². The summed E-state index contributed by atoms with van der Waals surface area (Å²) in [5.41, 5.74) is 0. The van der Waals surface area contributed by atoms with Gasteiger partial charge in [0.05, 0.1) is 0 Å². The second-order valence-corrected chi connectivity index (χ2v) is 2.65. The Morgan fingerprint density at radius 3 is 0.696 bits per heavy atom. The van der Waals surface area contributed by atoms with Crippen molar-refractivity contribution >= 4 is 23.8 Å². The van der Waals surface area contributed by atoms with Crippen LogP contribution in [0.4, 0.5) is 0 Å². The number of carboxylic acid groups (broad SMARTS) is 2. The van der Waals surface area contributed by atoms with E-state index in [1.165, 1.54) is 13.8 Å². The van der Waals surface area contributed by atoms with Gasteiger partial charge >= 0.3 is 0 Å². The molecule has 0 aromatic heterocycles. The van der Waals surface area contributed by atoms with Gasteiger partial charge in [-0.05, 0) is 0 Å². The third kappa shape index (κ3) is 533. The van der Waals surface area contributed by atoms with Crippen LogP contribution in [0, 0.1) is 0 Å². The number of aliphatic carboxylic acids is 2. The Hall–Kier alpha value is 0.0878. The zero-order valence-electron chi connectivity index (χ0n) is 14.7. The van der Waals surface area contributed by atoms with E-state index in [2.05, 4.69) is 10.6 Å². The van der Waals surface area contributed by atoms with Crippen LogP contribution in [0.5, 0.6) is 0 Å². The molecular formula is C13H32N2O6Y2. The monoisotopic (exact) mass is 490 g/mol. The predicted molar refractivity (Wildman–Crippen MR) is 84.2 cm³/mol. The van der Waals surface area contributed by atoms with Crippen LogP contribution in [0.25, 0.3) is 0 Å². The number of nitrogens with one attached hydrogen (secondary N) is 2. The molecule has 0 saturated heterocycles. The summed E-state index contributed by atoms with van der Waals surface area (Å²) >= 11 is 0. The van der Waals surface area contributed by atoms with E-state index in [0.717, 1.165) is 13.8 Å². The van der Waals surface area contributed by atoms with E-state index in [-0.39, 0.29) is 84.7 Å². The maximum atomic E-state index is 9.70. The first-order valence-corrected chi connectivity index (χ1v) is 5.76. The molecule has 4 N–H and O–H groups in total. The Bertz CT molecular complexity index is 231. The van der Waals surface area contributed by atoms with Crippen LogP contribution in [0.15, 0.2) is 0 Å². The molecule has 0 aromatic rings. The molecule has 10 heteroatoms. The number of carbonyl (C=O) groups is 4. The summed E-state index contributed by atoms with van der Waals surface area (Å²) in [5, 5.41) is 19.6. The van der Waals surface area contributed by atoms with E-state index >= 15 is 0 Å². The number of hydrogen-bond donors (Lipinski definition) is 4. The molecule has 0 aliphatic carbocycles. The molecule has 136 valence electrons. The van der Waals surface area contributed by atoms with E-state index < -0.39 is 11.9 Å². The zero-order valence-corrected chi connectivity index (χ0v) is 20.4. The Kier molecular flexibility index (Phi) is 106. The number of carboxylic acids is 2. The van der Waals surface area contributed by atoms with Crippen molar-refractivity contribution < 1.29 is 94.8 Å². The summed E-state index contributed by atoms with van der Waals surface area (Å²) in [6, 6.07) is 0. The second kappa shape index (κ2) is 49.5. The predicted octanol–water partition coefficient (Wildman–Crippen LogP) is 1.34. The number of hydrogen-bond acceptors (Lipinski definition) is 4. The van der Waals surface area contributed by atoms with Crippen molar-refractivity contribution in [3.8, 4) is 0 Å². The van der Waals surface area contributed by atoms with Crippen LogP contribution in [-0.2, 0) is 84.6 Å². The van der Waals surface area contributed by atoms with Crippen molar-refractivity contribution in [1.82, 2.24) is 10.6 Å². The molecule has 2 amide bonds. The molecular weight excluding hydrogens is 458 g/mol. The average molecular weight is 490 g/mol. The van der Waals surface area contributed by atoms with Crippen molar-refractivity contribution in [3.05, 3.63) is 0 Å². The molecule has 0 aliphatic rings. The first-order valence-electron chi connectivity index (χ1n) is 5.76. The van der Waals surface area contributed by atoms with Crippen LogP contribution >= 0.6 is 0 Å². The van der Waals surface area contributed by atoms with Crippen molar-refractivity contribution in [1.29, 1.82) is 0 Å². The van der Waals surface area contributed by atoms with Crippen molar-refractivity contribution in [2.24, 2.45) is 0 Å². The molecule has 0 fully saturated rings. The molecule has 0 spiro atoms. The normalized spacial score (nSPS) is 5.39. The van der Waals surface area contributed by atoms with Crippen molar-refractivity contribution in [2.75, 3.05) is 14.1 Å². The minimum Gasteiger partial charge on any atom is -0.481 e. The molecule has 0 aliphatic heterocycles. The van der Waals surface area contributed by atoms with Crippen molar-refractivity contribution in [3.63, 3.8) is 0 Å². The van der Waals surface area contributed by atoms with Crippen LogP contribution in [0.2, 0.25) is 0 Å². The minimum absolute atomic E-state index is 0. The van der Waals surface area contributed by atoms with Gasteiger partial charge in [0.15, 0.2) is 0 Å². The second-order valence-electron chi connectivity index (χ2n) is 2.65. The maximum absolute atomic E-state index is 9.70. The molecule has 8 nitrogen and oxygen atoms in total. The Morgan fingerprint density at radius 1 is 0.652 bits per heavy atom. The van der Waals surface area contributed by atoms with Gasteiger partial charge in [-0.15, -0.1) is 0 Å². The summed E-state index contributed by atoms with van der Waals surface area (Å²) in [7, 11) is 3.20. The number of rotatable bonds is 0. The van der Waals surface area contributed by atoms with Crippen LogP contribution in [-0.4, -0.2) is 48.1 Å². The van der Waals surface area contributed by atoms with Gasteiger partial charge in [0.25, 0.3) is 11.9 Å². The molecule has 23 heavy (non-hydrogen) atoms. The molecule has 0 bridgehead atoms. The van der Waals surface area contributed by atoms with Gasteiger partial charge in [-0.3, -0.25) is 19.2 Å². The quantitative estimate of drug-likeness (QED) is 0.405. The Balaban J connectivity index is -0.0000000202. The van der Waals surface area contributed by atoms with Gasteiger partial charge in [-0.2, -0.15) is 0 Å². The largest absolute Gasteiger partial charge is 0.481 e. The molecule has 0 atom stereocenters. The summed E-state index contributed by atoms with van der Waals surface area (Å²) in [6.45, 7) is 9.11. The van der Waals surface area contributed by atoms with E-state index in [0.29, 0.717) is 0 Å². The number of carbonyl (C=O) groups excluding carboxylic acids is 2. The van der Waals surface area contributed by atoms with Crippen molar-refractivity contribution in [2.45, 2.75) is 49.0 Å². The molecule has 0 rings (SSSR count). The molecule has 0 heterocycles. The molecule has 2 radical (unpaired) electrons. The zero-order chi connectivity index (χ0) is 17.7. The Morgan fingerprint density at radius 2 is 0.696 bits per heavy atom. The van der Waals surface area contributed by atoms with Gasteiger partial charge in [0.1, 0.15) is 0 Å². The Labute approximate surface area is 190 Å². The van der Waals surface area contributed by atoms with Crippen LogP contribution < -0.4 is 10.6 Å². The fraction of sp³-hybridized carbons (Fsp3) is 0.692. The maximum Gasteiger partial charge on any atom is 0.300 e. The summed E-state index contributed by atoms with van der Waals surface area (Å²) in [4.78, 5) is 37.4. The SMILES string of the molecule is C.CC.CC(=O)O.CC(=O)O.CNC(C)=O.CNC(C)=O.[Y].[Y]. The summed E-state index contributed by atoms with van der Waals surface area (Å²) in [5.74, 6) is -1.66. The van der Waals surface area contributed by atoms with Gasteiger partial charge in [-0.1, -0.05) is 21.3 Å². The van der Waals surface area contributed by atoms with E-state index in [9.17, 15) is 9.59 Å². The molecule has 0 saturated carbocycles. The van der Waals surface area contributed by atoms with E-state index in [1.54, 1.807) is 14.1 Å².